The zero-order chi connectivity index (χ0) is 19.7. The molecular weight excluding hydrogens is 377 g/mol. The van der Waals surface area contributed by atoms with Crippen molar-refractivity contribution in [3.05, 3.63) is 65.0 Å². The van der Waals surface area contributed by atoms with Crippen LogP contribution in [0.5, 0.6) is 5.75 Å². The molecule has 2 aromatic heterocycles. The van der Waals surface area contributed by atoms with Crippen molar-refractivity contribution in [3.8, 4) is 5.75 Å². The number of hydrogen-bond acceptors (Lipinski definition) is 4. The average Bonchev–Trinajstić information content (AvgIpc) is 3.27. The molecule has 0 saturated carbocycles. The van der Waals surface area contributed by atoms with Crippen molar-refractivity contribution < 1.29 is 35.9 Å². The molecule has 0 aliphatic carbocycles. The summed E-state index contributed by atoms with van der Waals surface area (Å²) in [6.07, 6.45) is 1.60. The predicted molar refractivity (Wildman–Crippen MR) is 80.4 cm³/mol. The van der Waals surface area contributed by atoms with Crippen LogP contribution >= 0.6 is 0 Å². The number of rotatable bonds is 5. The topological polar surface area (TPSA) is 69.3 Å². The quantitative estimate of drug-likeness (QED) is 0.413. The molecule has 0 bridgehead atoms. The van der Waals surface area contributed by atoms with Gasteiger partial charge < -0.3 is 14.5 Å². The summed E-state index contributed by atoms with van der Waals surface area (Å²) in [6, 6.07) is 4.03. The number of ether oxygens (including phenoxy) is 1. The maximum absolute atomic E-state index is 13.5. The van der Waals surface area contributed by atoms with Gasteiger partial charge in [0.1, 0.15) is 12.4 Å². The minimum Gasteiger partial charge on any atom is -0.479 e. The first kappa shape index (κ1) is 18.4. The second-order valence-electron chi connectivity index (χ2n) is 5.28. The van der Waals surface area contributed by atoms with Gasteiger partial charge in [-0.3, -0.25) is 9.48 Å². The fourth-order valence-corrected chi connectivity index (χ4v) is 2.09. The number of anilines is 1. The minimum atomic E-state index is -2.29. The SMILES string of the molecule is Cn1ccc(NC(=O)c2ccc(COc3c(F)c(F)c(F)c(F)c3F)o2)n1. The minimum absolute atomic E-state index is 0.0786. The van der Waals surface area contributed by atoms with E-state index in [-0.39, 0.29) is 17.3 Å². The van der Waals surface area contributed by atoms with Gasteiger partial charge in [-0.25, -0.2) is 13.2 Å². The summed E-state index contributed by atoms with van der Waals surface area (Å²) >= 11 is 0. The van der Waals surface area contributed by atoms with Crippen LogP contribution in [0.3, 0.4) is 0 Å². The van der Waals surface area contributed by atoms with Gasteiger partial charge in [0, 0.05) is 19.3 Å². The maximum Gasteiger partial charge on any atom is 0.292 e. The lowest BCUT2D eigenvalue weighted by atomic mass is 10.2. The highest BCUT2D eigenvalue weighted by Gasteiger charge is 2.27. The number of benzene rings is 1. The van der Waals surface area contributed by atoms with Crippen LogP contribution in [0.4, 0.5) is 27.8 Å². The molecule has 1 amide bonds. The van der Waals surface area contributed by atoms with E-state index in [1.54, 1.807) is 13.2 Å². The van der Waals surface area contributed by atoms with E-state index in [9.17, 15) is 26.7 Å². The smallest absolute Gasteiger partial charge is 0.292 e. The van der Waals surface area contributed by atoms with Crippen LogP contribution in [0.1, 0.15) is 16.3 Å². The first-order valence-corrected chi connectivity index (χ1v) is 7.32. The molecule has 3 rings (SSSR count). The number of carbonyl (C=O) groups is 1. The van der Waals surface area contributed by atoms with E-state index in [0.717, 1.165) is 0 Å². The van der Waals surface area contributed by atoms with Crippen LogP contribution in [-0.2, 0) is 13.7 Å². The summed E-state index contributed by atoms with van der Waals surface area (Å²) in [5.41, 5.74) is 0. The Morgan fingerprint density at radius 3 is 2.30 bits per heavy atom. The third kappa shape index (κ3) is 3.61. The highest BCUT2D eigenvalue weighted by Crippen LogP contribution is 2.29. The molecule has 11 heteroatoms. The molecule has 0 spiro atoms. The van der Waals surface area contributed by atoms with E-state index in [1.807, 2.05) is 0 Å². The van der Waals surface area contributed by atoms with Crippen molar-refractivity contribution in [1.29, 1.82) is 0 Å². The van der Waals surface area contributed by atoms with E-state index in [0.29, 0.717) is 0 Å². The zero-order valence-corrected chi connectivity index (χ0v) is 13.5. The Morgan fingerprint density at radius 1 is 1.07 bits per heavy atom. The lowest BCUT2D eigenvalue weighted by Crippen LogP contribution is -2.11. The highest BCUT2D eigenvalue weighted by atomic mass is 19.2. The number of furan rings is 1. The molecule has 27 heavy (non-hydrogen) atoms. The molecule has 0 saturated heterocycles. The molecular formula is C16H10F5N3O3. The van der Waals surface area contributed by atoms with E-state index < -0.39 is 47.3 Å². The second-order valence-corrected chi connectivity index (χ2v) is 5.28. The molecule has 142 valence electrons. The van der Waals surface area contributed by atoms with Crippen molar-refractivity contribution >= 4 is 11.7 Å². The van der Waals surface area contributed by atoms with Crippen LogP contribution < -0.4 is 10.1 Å². The highest BCUT2D eigenvalue weighted by molar-refractivity contribution is 6.01. The first-order chi connectivity index (χ1) is 12.8. The predicted octanol–water partition coefficient (Wildman–Crippen LogP) is 3.54. The Morgan fingerprint density at radius 2 is 1.70 bits per heavy atom. The molecule has 3 aromatic rings. The van der Waals surface area contributed by atoms with Crippen molar-refractivity contribution in [2.75, 3.05) is 5.32 Å². The molecule has 1 N–H and O–H groups in total. The van der Waals surface area contributed by atoms with Crippen LogP contribution in [0.15, 0.2) is 28.8 Å². The Balaban J connectivity index is 1.71. The molecule has 0 fully saturated rings. The van der Waals surface area contributed by atoms with E-state index in [2.05, 4.69) is 15.2 Å². The average molecular weight is 387 g/mol. The van der Waals surface area contributed by atoms with E-state index >= 15 is 0 Å². The van der Waals surface area contributed by atoms with E-state index in [4.69, 9.17) is 4.42 Å². The summed E-state index contributed by atoms with van der Waals surface area (Å²) in [6.45, 7) is -0.671. The van der Waals surface area contributed by atoms with Gasteiger partial charge in [0.05, 0.1) is 0 Å². The summed E-state index contributed by atoms with van der Waals surface area (Å²) in [7, 11) is 1.65. The lowest BCUT2D eigenvalue weighted by Gasteiger charge is -2.09. The van der Waals surface area contributed by atoms with Crippen LogP contribution in [0.2, 0.25) is 0 Å². The lowest BCUT2D eigenvalue weighted by molar-refractivity contribution is 0.0991. The van der Waals surface area contributed by atoms with Gasteiger partial charge in [-0.1, -0.05) is 0 Å². The van der Waals surface area contributed by atoms with Gasteiger partial charge in [-0.05, 0) is 12.1 Å². The van der Waals surface area contributed by atoms with Gasteiger partial charge in [0.2, 0.25) is 29.1 Å². The molecule has 1 aromatic carbocycles. The largest absolute Gasteiger partial charge is 0.479 e. The Bertz CT molecular complexity index is 986. The third-order valence-electron chi connectivity index (χ3n) is 3.37. The van der Waals surface area contributed by atoms with E-state index in [1.165, 1.54) is 22.9 Å². The fraction of sp³-hybridized carbons (Fsp3) is 0.125. The molecule has 0 atom stereocenters. The summed E-state index contributed by atoms with van der Waals surface area (Å²) in [5, 5.41) is 6.37. The summed E-state index contributed by atoms with van der Waals surface area (Å²) < 4.78 is 77.5. The standard InChI is InChI=1S/C16H10F5N3O3/c1-24-5-4-9(23-24)22-16(25)8-3-2-7(27-8)6-26-15-13(20)11(18)10(17)12(19)14(15)21/h2-5H,6H2,1H3,(H,22,23,25). The second kappa shape index (κ2) is 7.09. The number of aromatic nitrogens is 2. The van der Waals surface area contributed by atoms with Crippen molar-refractivity contribution in [1.82, 2.24) is 9.78 Å². The summed E-state index contributed by atoms with van der Waals surface area (Å²) in [5.74, 6) is -12.8. The molecule has 0 aliphatic heterocycles. The zero-order valence-electron chi connectivity index (χ0n) is 13.5. The van der Waals surface area contributed by atoms with Gasteiger partial charge in [0.15, 0.2) is 17.3 Å². The van der Waals surface area contributed by atoms with Gasteiger partial charge in [-0.2, -0.15) is 13.9 Å². The van der Waals surface area contributed by atoms with Crippen molar-refractivity contribution in [3.63, 3.8) is 0 Å². The normalized spacial score (nSPS) is 10.9. The van der Waals surface area contributed by atoms with Crippen molar-refractivity contribution in [2.24, 2.45) is 7.05 Å². The molecule has 0 unspecified atom stereocenters. The Hall–Kier alpha value is -3.37. The molecule has 6 nitrogen and oxygen atoms in total. The van der Waals surface area contributed by atoms with Gasteiger partial charge >= 0.3 is 0 Å². The Kier molecular flexibility index (Phi) is 4.84. The number of nitrogens with zero attached hydrogens (tertiary/aromatic N) is 2. The molecule has 0 radical (unpaired) electrons. The third-order valence-corrected chi connectivity index (χ3v) is 3.37. The number of halogens is 5. The number of aryl methyl sites for hydroxylation is 1. The number of carbonyl (C=O) groups excluding carboxylic acids is 1. The number of amides is 1. The van der Waals surface area contributed by atoms with Crippen LogP contribution in [0, 0.1) is 29.1 Å². The maximum atomic E-state index is 13.5. The molecule has 2 heterocycles. The van der Waals surface area contributed by atoms with Gasteiger partial charge in [0.25, 0.3) is 5.91 Å². The van der Waals surface area contributed by atoms with Crippen molar-refractivity contribution in [2.45, 2.75) is 6.61 Å². The monoisotopic (exact) mass is 387 g/mol. The fourth-order valence-electron chi connectivity index (χ4n) is 2.09. The van der Waals surface area contributed by atoms with Crippen LogP contribution in [-0.4, -0.2) is 15.7 Å². The molecule has 0 aliphatic rings. The summed E-state index contributed by atoms with van der Waals surface area (Å²) in [4.78, 5) is 12.0. The van der Waals surface area contributed by atoms with Gasteiger partial charge in [-0.15, -0.1) is 0 Å². The number of hydrogen-bond donors (Lipinski definition) is 1. The number of nitrogens with one attached hydrogen (secondary N) is 1. The van der Waals surface area contributed by atoms with Crippen LogP contribution in [0.25, 0.3) is 0 Å². The first-order valence-electron chi connectivity index (χ1n) is 7.32. The Labute approximate surface area is 148 Å².